The molecule has 11 atom stereocenters. The number of carbonyl (C=O) groups is 2. The van der Waals surface area contributed by atoms with Crippen molar-refractivity contribution < 1.29 is 73.8 Å². The van der Waals surface area contributed by atoms with E-state index >= 15 is 0 Å². The van der Waals surface area contributed by atoms with Crippen LogP contribution < -0.4 is 0 Å². The van der Waals surface area contributed by atoms with Gasteiger partial charge in [-0.05, 0) is 89.9 Å². The summed E-state index contributed by atoms with van der Waals surface area (Å²) in [7, 11) is 0. The molecule has 0 bridgehead atoms. The molecule has 0 amide bonds. The molecule has 2 aliphatic rings. The van der Waals surface area contributed by atoms with E-state index in [1.807, 2.05) is 0 Å². The molecular weight excluding hydrogens is 997 g/mol. The zero-order chi connectivity index (χ0) is 56.7. The number of aliphatic hydroxyl groups excluding tert-OH is 7. The van der Waals surface area contributed by atoms with Gasteiger partial charge in [-0.25, -0.2) is 0 Å². The van der Waals surface area contributed by atoms with E-state index in [0.717, 1.165) is 122 Å². The molecule has 0 radical (unpaired) electrons. The fourth-order valence-electron chi connectivity index (χ4n) is 8.79. The van der Waals surface area contributed by atoms with Gasteiger partial charge in [0.15, 0.2) is 18.7 Å². The van der Waals surface area contributed by atoms with Crippen LogP contribution in [0.15, 0.2) is 97.2 Å². The lowest BCUT2D eigenvalue weighted by molar-refractivity contribution is -0.332. The lowest BCUT2D eigenvalue weighted by atomic mass is 9.98. The maximum absolute atomic E-state index is 13.1. The van der Waals surface area contributed by atoms with Gasteiger partial charge >= 0.3 is 11.9 Å². The molecule has 2 aliphatic heterocycles. The summed E-state index contributed by atoms with van der Waals surface area (Å²) in [5, 5.41) is 72.4. The predicted octanol–water partition coefficient (Wildman–Crippen LogP) is 10.5. The molecular formula is C63H104O15. The number of aliphatic hydroxyl groups is 7. The van der Waals surface area contributed by atoms with Crippen molar-refractivity contribution in [1.29, 1.82) is 0 Å². The minimum atomic E-state index is -1.77. The number of ether oxygens (including phenoxy) is 6. The number of allylic oxidation sites excluding steroid dienone is 16. The van der Waals surface area contributed by atoms with Gasteiger partial charge < -0.3 is 64.2 Å². The van der Waals surface area contributed by atoms with Gasteiger partial charge in [0, 0.05) is 12.8 Å². The molecule has 11 unspecified atom stereocenters. The third kappa shape index (κ3) is 34.5. The van der Waals surface area contributed by atoms with Crippen molar-refractivity contribution in [3.63, 3.8) is 0 Å². The first-order chi connectivity index (χ1) is 38.0. The normalized spacial score (nSPS) is 24.7. The summed E-state index contributed by atoms with van der Waals surface area (Å²) < 4.78 is 33.7. The van der Waals surface area contributed by atoms with E-state index in [0.29, 0.717) is 12.8 Å². The summed E-state index contributed by atoms with van der Waals surface area (Å²) in [5.74, 6) is -0.951. The van der Waals surface area contributed by atoms with Gasteiger partial charge in [-0.15, -0.1) is 0 Å². The highest BCUT2D eigenvalue weighted by Gasteiger charge is 2.47. The molecule has 2 rings (SSSR count). The van der Waals surface area contributed by atoms with Crippen LogP contribution in [0.5, 0.6) is 0 Å². The van der Waals surface area contributed by atoms with Crippen LogP contribution in [-0.4, -0.2) is 142 Å². The first-order valence-corrected chi connectivity index (χ1v) is 29.8. The Balaban J connectivity index is 1.75. The topological polar surface area (TPSA) is 231 Å². The molecule has 2 fully saturated rings. The molecule has 0 aromatic heterocycles. The van der Waals surface area contributed by atoms with Gasteiger partial charge in [0.05, 0.1) is 19.8 Å². The summed E-state index contributed by atoms with van der Waals surface area (Å²) in [6, 6.07) is 0. The Hall–Kier alpha value is -3.58. The summed E-state index contributed by atoms with van der Waals surface area (Å²) in [4.78, 5) is 25.9. The van der Waals surface area contributed by atoms with Gasteiger partial charge in [-0.3, -0.25) is 9.59 Å². The Morgan fingerprint density at radius 3 is 1.21 bits per heavy atom. The minimum absolute atomic E-state index is 0.151. The van der Waals surface area contributed by atoms with E-state index in [1.54, 1.807) is 0 Å². The van der Waals surface area contributed by atoms with Gasteiger partial charge in [0.1, 0.15) is 55.4 Å². The highest BCUT2D eigenvalue weighted by atomic mass is 16.7. The highest BCUT2D eigenvalue weighted by Crippen LogP contribution is 2.27. The van der Waals surface area contributed by atoms with Crippen LogP contribution in [0.1, 0.15) is 194 Å². The molecule has 0 spiro atoms. The number of rotatable bonds is 46. The monoisotopic (exact) mass is 1100 g/mol. The van der Waals surface area contributed by atoms with Crippen molar-refractivity contribution in [2.24, 2.45) is 0 Å². The highest BCUT2D eigenvalue weighted by molar-refractivity contribution is 5.70. The lowest BCUT2D eigenvalue weighted by Crippen LogP contribution is -2.61. The van der Waals surface area contributed by atoms with Crippen molar-refractivity contribution in [3.8, 4) is 0 Å². The van der Waals surface area contributed by atoms with Crippen LogP contribution >= 0.6 is 0 Å². The van der Waals surface area contributed by atoms with Crippen LogP contribution in [0.3, 0.4) is 0 Å². The Morgan fingerprint density at radius 1 is 0.410 bits per heavy atom. The van der Waals surface area contributed by atoms with E-state index in [4.69, 9.17) is 28.4 Å². The van der Waals surface area contributed by atoms with Crippen molar-refractivity contribution in [3.05, 3.63) is 97.2 Å². The largest absolute Gasteiger partial charge is 0.462 e. The third-order valence-electron chi connectivity index (χ3n) is 13.6. The predicted molar refractivity (Wildman–Crippen MR) is 307 cm³/mol. The Morgan fingerprint density at radius 2 is 0.769 bits per heavy atom. The van der Waals surface area contributed by atoms with Gasteiger partial charge in [0.25, 0.3) is 0 Å². The molecule has 78 heavy (non-hydrogen) atoms. The van der Waals surface area contributed by atoms with Crippen LogP contribution in [0.25, 0.3) is 0 Å². The molecule has 15 heteroatoms. The fraction of sp³-hybridized carbons (Fsp3) is 0.714. The molecule has 0 saturated carbocycles. The van der Waals surface area contributed by atoms with E-state index in [2.05, 4.69) is 111 Å². The zero-order valence-electron chi connectivity index (χ0n) is 47.6. The van der Waals surface area contributed by atoms with E-state index in [9.17, 15) is 45.3 Å². The number of hydrogen-bond donors (Lipinski definition) is 7. The van der Waals surface area contributed by atoms with Crippen molar-refractivity contribution in [2.45, 2.75) is 261 Å². The molecule has 446 valence electrons. The average molecular weight is 1100 g/mol. The standard InChI is InChI=1S/C63H104O15/c1-3-5-7-9-11-13-15-17-19-21-23-24-25-26-28-30-32-34-36-38-40-42-44-46-55(66)76-51(48-73-54(65)45-43-41-39-37-35-33-31-29-27-22-20-18-16-14-12-10-8-6-4-2)49-74-62-61(72)59(70)57(68)53(78-62)50-75-63-60(71)58(69)56(67)52(47-64)77-63/h5-8,11-14,17-20,23-24,27,29,51-53,56-64,67-72H,3-4,9-10,15-16,21-22,25-26,28,30-50H2,1-2H3/b7-5-,8-6-,13-11-,14-12-,19-17-,20-18-,24-23-,29-27-. The SMILES string of the molecule is CC/C=C\C/C=C\C/C=C\C/C=C\CCCCCCCCCCCCC(=O)OC(COC(=O)CCCCCCCC/C=C\C/C=C\C/C=C\C/C=C\CC)COC1OC(COC2OC(CO)C(O)C(O)C2O)C(O)C(O)C1O. The second kappa shape index (κ2) is 48.2. The average Bonchev–Trinajstić information content (AvgIpc) is 3.44. The van der Waals surface area contributed by atoms with Crippen LogP contribution in [0, 0.1) is 0 Å². The molecule has 7 N–H and O–H groups in total. The Bertz CT molecular complexity index is 1720. The Labute approximate surface area is 468 Å². The smallest absolute Gasteiger partial charge is 0.306 e. The number of unbranched alkanes of at least 4 members (excludes halogenated alkanes) is 16. The number of esters is 2. The van der Waals surface area contributed by atoms with E-state index in [1.165, 1.54) is 32.1 Å². The molecule has 15 nitrogen and oxygen atoms in total. The number of hydrogen-bond acceptors (Lipinski definition) is 15. The fourth-order valence-corrected chi connectivity index (χ4v) is 8.79. The summed E-state index contributed by atoms with van der Waals surface area (Å²) in [6.45, 7) is 2.35. The van der Waals surface area contributed by atoms with Gasteiger partial charge in [-0.2, -0.15) is 0 Å². The number of carbonyl (C=O) groups excluding carboxylic acids is 2. The van der Waals surface area contributed by atoms with Gasteiger partial charge in [-0.1, -0.05) is 188 Å². The van der Waals surface area contributed by atoms with E-state index in [-0.39, 0.29) is 19.4 Å². The first-order valence-electron chi connectivity index (χ1n) is 29.8. The second-order valence-electron chi connectivity index (χ2n) is 20.4. The van der Waals surface area contributed by atoms with Crippen LogP contribution in [0.2, 0.25) is 0 Å². The molecule has 2 heterocycles. The lowest BCUT2D eigenvalue weighted by Gasteiger charge is -2.42. The van der Waals surface area contributed by atoms with Crippen molar-refractivity contribution in [2.75, 3.05) is 26.4 Å². The quantitative estimate of drug-likeness (QED) is 0.0171. The second-order valence-corrected chi connectivity index (χ2v) is 20.4. The van der Waals surface area contributed by atoms with Crippen LogP contribution in [0.4, 0.5) is 0 Å². The summed E-state index contributed by atoms with van der Waals surface area (Å²) in [5.41, 5.74) is 0. The van der Waals surface area contributed by atoms with E-state index < -0.39 is 99.3 Å². The molecule has 0 aromatic carbocycles. The third-order valence-corrected chi connectivity index (χ3v) is 13.6. The maximum atomic E-state index is 13.1. The summed E-state index contributed by atoms with van der Waals surface area (Å²) >= 11 is 0. The maximum Gasteiger partial charge on any atom is 0.306 e. The molecule has 2 saturated heterocycles. The van der Waals surface area contributed by atoms with Gasteiger partial charge in [0.2, 0.25) is 0 Å². The van der Waals surface area contributed by atoms with Crippen LogP contribution in [-0.2, 0) is 38.0 Å². The zero-order valence-corrected chi connectivity index (χ0v) is 47.6. The van der Waals surface area contributed by atoms with Crippen molar-refractivity contribution in [1.82, 2.24) is 0 Å². The molecule has 0 aromatic rings. The Kier molecular flexibility index (Phi) is 43.5. The minimum Gasteiger partial charge on any atom is -0.462 e. The summed E-state index contributed by atoms with van der Waals surface area (Å²) in [6.07, 6.45) is 45.6. The molecule has 0 aliphatic carbocycles. The van der Waals surface area contributed by atoms with Crippen molar-refractivity contribution >= 4 is 11.9 Å². The first kappa shape index (κ1) is 70.5.